The topological polar surface area (TPSA) is 68.1 Å². The molecular weight excluding hydrogens is 392 g/mol. The van der Waals surface area contributed by atoms with E-state index in [-0.39, 0.29) is 0 Å². The molecule has 3 heterocycles. The number of para-hydroxylation sites is 1. The Labute approximate surface area is 179 Å². The van der Waals surface area contributed by atoms with Crippen molar-refractivity contribution in [2.24, 2.45) is 0 Å². The number of nitrogens with zero attached hydrogens (tertiary/aromatic N) is 2. The molecule has 2 aromatic heterocycles. The van der Waals surface area contributed by atoms with Crippen LogP contribution in [0.3, 0.4) is 0 Å². The van der Waals surface area contributed by atoms with E-state index in [1.54, 1.807) is 0 Å². The van der Waals surface area contributed by atoms with Gasteiger partial charge < -0.3 is 8.94 Å². The van der Waals surface area contributed by atoms with Crippen molar-refractivity contribution < 1.29 is 8.94 Å². The smallest absolute Gasteiger partial charge is 0.397 e. The van der Waals surface area contributed by atoms with Crippen molar-refractivity contribution in [2.75, 3.05) is 13.1 Å². The molecule has 0 amide bonds. The summed E-state index contributed by atoms with van der Waals surface area (Å²) in [6, 6.07) is 18.2. The fraction of sp³-hybridized carbons (Fsp3) is 0.280. The van der Waals surface area contributed by atoms with Crippen LogP contribution in [0.1, 0.15) is 30.4 Å². The highest BCUT2D eigenvalue weighted by Crippen LogP contribution is 2.28. The number of aromatic nitrogens is 1. The zero-order valence-corrected chi connectivity index (χ0v) is 17.3. The molecule has 2 aromatic carbocycles. The van der Waals surface area contributed by atoms with Crippen LogP contribution in [0, 0.1) is 0 Å². The summed E-state index contributed by atoms with van der Waals surface area (Å²) >= 11 is 0. The summed E-state index contributed by atoms with van der Waals surface area (Å²) in [6.07, 6.45) is 6.76. The van der Waals surface area contributed by atoms with Crippen molar-refractivity contribution >= 4 is 16.6 Å². The number of hydrogen-bond donors (Lipinski definition) is 0. The van der Waals surface area contributed by atoms with Gasteiger partial charge >= 0.3 is 11.3 Å². The van der Waals surface area contributed by atoms with Crippen molar-refractivity contribution in [1.29, 1.82) is 0 Å². The molecule has 5 rings (SSSR count). The lowest BCUT2D eigenvalue weighted by Gasteiger charge is -2.26. The highest BCUT2D eigenvalue weighted by Gasteiger charge is 2.21. The second-order valence-electron chi connectivity index (χ2n) is 8.05. The molecule has 0 saturated heterocycles. The summed E-state index contributed by atoms with van der Waals surface area (Å²) in [5.74, 6) is 0. The fourth-order valence-electron chi connectivity index (χ4n) is 4.36. The Hall–Kier alpha value is -3.38. The largest absolute Gasteiger partial charge is 0.442 e. The first-order valence-electron chi connectivity index (χ1n) is 10.7. The van der Waals surface area contributed by atoms with E-state index in [1.165, 1.54) is 15.7 Å². The normalized spacial score (nSPS) is 14.9. The van der Waals surface area contributed by atoms with Crippen LogP contribution in [0.4, 0.5) is 0 Å². The molecule has 158 valence electrons. The average Bonchev–Trinajstić information content (AvgIpc) is 3.09. The predicted molar refractivity (Wildman–Crippen MR) is 119 cm³/mol. The van der Waals surface area contributed by atoms with E-state index in [9.17, 15) is 9.59 Å². The number of benzene rings is 2. The molecule has 6 nitrogen and oxygen atoms in total. The molecule has 0 saturated carbocycles. The summed E-state index contributed by atoms with van der Waals surface area (Å²) in [6.45, 7) is 2.43. The van der Waals surface area contributed by atoms with E-state index in [0.717, 1.165) is 55.2 Å². The average molecular weight is 416 g/mol. The van der Waals surface area contributed by atoms with Crippen molar-refractivity contribution in [3.05, 3.63) is 98.2 Å². The lowest BCUT2D eigenvalue weighted by molar-refractivity contribution is 0.271. The van der Waals surface area contributed by atoms with Crippen molar-refractivity contribution in [3.63, 3.8) is 0 Å². The molecule has 1 aliphatic heterocycles. The van der Waals surface area contributed by atoms with Gasteiger partial charge in [0, 0.05) is 30.6 Å². The van der Waals surface area contributed by atoms with Gasteiger partial charge in [0.2, 0.25) is 5.71 Å². The summed E-state index contributed by atoms with van der Waals surface area (Å²) in [4.78, 5) is 25.8. The van der Waals surface area contributed by atoms with Gasteiger partial charge in [-0.25, -0.2) is 9.59 Å². The van der Waals surface area contributed by atoms with E-state index >= 15 is 0 Å². The molecule has 4 aromatic rings. The van der Waals surface area contributed by atoms with E-state index < -0.39 is 11.3 Å². The van der Waals surface area contributed by atoms with Crippen LogP contribution in [0.2, 0.25) is 0 Å². The highest BCUT2D eigenvalue weighted by molar-refractivity contribution is 5.89. The van der Waals surface area contributed by atoms with Crippen LogP contribution in [0.15, 0.2) is 84.8 Å². The van der Waals surface area contributed by atoms with Crippen LogP contribution in [-0.4, -0.2) is 22.6 Å². The third-order valence-corrected chi connectivity index (χ3v) is 6.00. The highest BCUT2D eigenvalue weighted by atomic mass is 16.5. The molecule has 0 fully saturated rings. The van der Waals surface area contributed by atoms with Gasteiger partial charge in [0.15, 0.2) is 0 Å². The summed E-state index contributed by atoms with van der Waals surface area (Å²) in [5.41, 5.74) is 2.83. The molecule has 0 bridgehead atoms. The van der Waals surface area contributed by atoms with Crippen LogP contribution >= 0.6 is 0 Å². The predicted octanol–water partition coefficient (Wildman–Crippen LogP) is 4.15. The SMILES string of the molecule is O=c1oc2c(CN3CC=C(CCCc4ccccc4)CC3)c3ccccc3n2oc1=O. The van der Waals surface area contributed by atoms with Crippen molar-refractivity contribution in [3.8, 4) is 0 Å². The molecule has 31 heavy (non-hydrogen) atoms. The van der Waals surface area contributed by atoms with E-state index in [0.29, 0.717) is 12.3 Å². The number of hydrogen-bond acceptors (Lipinski definition) is 5. The lowest BCUT2D eigenvalue weighted by Crippen LogP contribution is -2.28. The Morgan fingerprint density at radius 1 is 0.903 bits per heavy atom. The van der Waals surface area contributed by atoms with E-state index in [2.05, 4.69) is 41.3 Å². The van der Waals surface area contributed by atoms with Crippen molar-refractivity contribution in [2.45, 2.75) is 32.2 Å². The first kappa shape index (κ1) is 19.6. The molecule has 0 radical (unpaired) electrons. The molecule has 1 aliphatic rings. The Morgan fingerprint density at radius 2 is 1.71 bits per heavy atom. The molecular formula is C25H24N2O4. The standard InChI is InChI=1S/C25H24N2O4/c28-24-25(29)31-27-22-12-5-4-11-20(22)21(23(27)30-24)17-26-15-13-19(14-16-26)10-6-9-18-7-2-1-3-8-18/h1-5,7-8,11-13H,6,9-10,14-17H2. The van der Waals surface area contributed by atoms with Gasteiger partial charge in [0.25, 0.3) is 0 Å². The minimum absolute atomic E-state index is 0.309. The van der Waals surface area contributed by atoms with Gasteiger partial charge in [0.1, 0.15) is 0 Å². The van der Waals surface area contributed by atoms with Gasteiger partial charge in [-0.05, 0) is 37.3 Å². The van der Waals surface area contributed by atoms with Gasteiger partial charge in [-0.3, -0.25) is 4.90 Å². The van der Waals surface area contributed by atoms with Gasteiger partial charge in [-0.1, -0.05) is 60.2 Å². The third kappa shape index (κ3) is 3.99. The maximum Gasteiger partial charge on any atom is 0.442 e. The Balaban J connectivity index is 1.31. The number of rotatable bonds is 6. The third-order valence-electron chi connectivity index (χ3n) is 6.00. The Morgan fingerprint density at radius 3 is 2.52 bits per heavy atom. The van der Waals surface area contributed by atoms with Crippen LogP contribution in [0.5, 0.6) is 0 Å². The molecule has 0 atom stereocenters. The number of fused-ring (bicyclic) bond motifs is 3. The van der Waals surface area contributed by atoms with Crippen LogP contribution in [-0.2, 0) is 13.0 Å². The maximum atomic E-state index is 11.8. The zero-order valence-electron chi connectivity index (χ0n) is 17.3. The number of aryl methyl sites for hydroxylation is 1. The van der Waals surface area contributed by atoms with Gasteiger partial charge in [0.05, 0.1) is 5.52 Å². The zero-order chi connectivity index (χ0) is 21.2. The van der Waals surface area contributed by atoms with Crippen LogP contribution < -0.4 is 11.3 Å². The van der Waals surface area contributed by atoms with Crippen LogP contribution in [0.25, 0.3) is 16.6 Å². The lowest BCUT2D eigenvalue weighted by atomic mass is 9.99. The molecule has 0 aliphatic carbocycles. The molecule has 0 spiro atoms. The minimum Gasteiger partial charge on any atom is -0.397 e. The Kier molecular flexibility index (Phi) is 5.30. The molecule has 6 heteroatoms. The summed E-state index contributed by atoms with van der Waals surface area (Å²) in [5, 5.41) is 0.928. The summed E-state index contributed by atoms with van der Waals surface area (Å²) < 4.78 is 11.9. The monoisotopic (exact) mass is 416 g/mol. The second kappa shape index (κ2) is 8.40. The quantitative estimate of drug-likeness (QED) is 0.349. The Bertz CT molecular complexity index is 1360. The summed E-state index contributed by atoms with van der Waals surface area (Å²) in [7, 11) is 0. The minimum atomic E-state index is -0.999. The first-order valence-corrected chi connectivity index (χ1v) is 10.7. The van der Waals surface area contributed by atoms with E-state index in [1.807, 2.05) is 24.3 Å². The van der Waals surface area contributed by atoms with Crippen molar-refractivity contribution in [1.82, 2.24) is 9.47 Å². The van der Waals surface area contributed by atoms with Gasteiger partial charge in [-0.15, -0.1) is 4.57 Å². The second-order valence-corrected chi connectivity index (χ2v) is 8.05. The maximum absolute atomic E-state index is 11.8. The van der Waals surface area contributed by atoms with E-state index in [4.69, 9.17) is 8.94 Å². The van der Waals surface area contributed by atoms with Gasteiger partial charge in [-0.2, -0.15) is 0 Å². The molecule has 0 unspecified atom stereocenters. The molecule has 0 N–H and O–H groups in total. The fourth-order valence-corrected chi connectivity index (χ4v) is 4.36. The first-order chi connectivity index (χ1) is 15.2.